The number of hydrogen-bond donors (Lipinski definition) is 2. The molecular formula is C14H11BrCl2N2O. The second kappa shape index (κ2) is 6.48. The van der Waals surface area contributed by atoms with Crippen molar-refractivity contribution in [3.63, 3.8) is 0 Å². The number of amides is 1. The van der Waals surface area contributed by atoms with E-state index in [1.165, 1.54) is 0 Å². The van der Waals surface area contributed by atoms with Gasteiger partial charge in [-0.1, -0.05) is 45.2 Å². The Kier molecular flexibility index (Phi) is 4.91. The van der Waals surface area contributed by atoms with Crippen LogP contribution in [0.25, 0.3) is 0 Å². The zero-order valence-electron chi connectivity index (χ0n) is 10.2. The molecule has 3 N–H and O–H groups in total. The van der Waals surface area contributed by atoms with Crippen LogP contribution >= 0.6 is 39.1 Å². The molecular weight excluding hydrogens is 363 g/mol. The molecule has 2 aromatic carbocycles. The van der Waals surface area contributed by atoms with Crippen LogP contribution in [0.4, 0.5) is 5.69 Å². The smallest absolute Gasteiger partial charge is 0.244 e. The lowest BCUT2D eigenvalue weighted by Crippen LogP contribution is -2.28. The number of carbonyl (C=O) groups excluding carboxylic acids is 1. The van der Waals surface area contributed by atoms with E-state index in [2.05, 4.69) is 21.2 Å². The minimum absolute atomic E-state index is 0.394. The maximum atomic E-state index is 11.7. The molecule has 2 rings (SSSR count). The molecule has 0 aliphatic rings. The minimum Gasteiger partial charge on any atom is -0.370 e. The van der Waals surface area contributed by atoms with Crippen LogP contribution in [0, 0.1) is 0 Å². The molecule has 1 amide bonds. The van der Waals surface area contributed by atoms with Crippen LogP contribution in [0.5, 0.6) is 0 Å². The third-order valence-corrected chi connectivity index (χ3v) is 3.92. The highest BCUT2D eigenvalue weighted by Crippen LogP contribution is 2.32. The third-order valence-electron chi connectivity index (χ3n) is 2.73. The minimum atomic E-state index is -0.794. The van der Waals surface area contributed by atoms with Crippen molar-refractivity contribution in [3.8, 4) is 0 Å². The number of rotatable bonds is 4. The van der Waals surface area contributed by atoms with Crippen LogP contribution < -0.4 is 11.1 Å². The van der Waals surface area contributed by atoms with Gasteiger partial charge in [-0.3, -0.25) is 4.79 Å². The molecule has 0 bridgehead atoms. The van der Waals surface area contributed by atoms with Gasteiger partial charge >= 0.3 is 0 Å². The Morgan fingerprint density at radius 3 is 2.15 bits per heavy atom. The van der Waals surface area contributed by atoms with Crippen molar-refractivity contribution >= 4 is 50.7 Å². The van der Waals surface area contributed by atoms with Gasteiger partial charge in [0.2, 0.25) is 5.91 Å². The molecule has 1 unspecified atom stereocenters. The standard InChI is InChI=1S/C14H11BrCl2N2O/c15-8-4-6-9(7-5-8)19-13(14(18)20)12-10(16)2-1-3-11(12)17/h1-7,13,19H,(H2,18,20). The summed E-state index contributed by atoms with van der Waals surface area (Å²) in [5.74, 6) is -0.553. The van der Waals surface area contributed by atoms with Crippen molar-refractivity contribution < 1.29 is 4.79 Å². The molecule has 0 heterocycles. The predicted octanol–water partition coefficient (Wildman–Crippen LogP) is 4.39. The summed E-state index contributed by atoms with van der Waals surface area (Å²) in [5.41, 5.74) is 6.68. The quantitative estimate of drug-likeness (QED) is 0.834. The molecule has 0 fully saturated rings. The van der Waals surface area contributed by atoms with Gasteiger partial charge < -0.3 is 11.1 Å². The van der Waals surface area contributed by atoms with E-state index in [-0.39, 0.29) is 0 Å². The third kappa shape index (κ3) is 3.45. The maximum absolute atomic E-state index is 11.7. The Morgan fingerprint density at radius 1 is 1.10 bits per heavy atom. The highest BCUT2D eigenvalue weighted by Gasteiger charge is 2.23. The summed E-state index contributed by atoms with van der Waals surface area (Å²) in [5, 5.41) is 3.83. The number of nitrogens with two attached hydrogens (primary N) is 1. The summed E-state index contributed by atoms with van der Waals surface area (Å²) in [7, 11) is 0. The lowest BCUT2D eigenvalue weighted by molar-refractivity contribution is -0.118. The molecule has 0 aromatic heterocycles. The normalized spacial score (nSPS) is 11.9. The molecule has 0 saturated carbocycles. The first-order valence-electron chi connectivity index (χ1n) is 5.74. The van der Waals surface area contributed by atoms with Crippen molar-refractivity contribution in [2.45, 2.75) is 6.04 Å². The molecule has 2 aromatic rings. The molecule has 6 heteroatoms. The van der Waals surface area contributed by atoms with Gasteiger partial charge in [-0.15, -0.1) is 0 Å². The second-order valence-corrected chi connectivity index (χ2v) is 5.85. The van der Waals surface area contributed by atoms with E-state index in [4.69, 9.17) is 28.9 Å². The fourth-order valence-electron chi connectivity index (χ4n) is 1.78. The van der Waals surface area contributed by atoms with E-state index >= 15 is 0 Å². The van der Waals surface area contributed by atoms with Crippen LogP contribution in [-0.4, -0.2) is 5.91 Å². The summed E-state index contributed by atoms with van der Waals surface area (Å²) in [6.07, 6.45) is 0. The first kappa shape index (κ1) is 15.2. The largest absolute Gasteiger partial charge is 0.370 e. The average molecular weight is 374 g/mol. The Labute approximate surface area is 135 Å². The number of halogens is 3. The molecule has 0 spiro atoms. The maximum Gasteiger partial charge on any atom is 0.244 e. The van der Waals surface area contributed by atoms with Crippen LogP contribution in [0.2, 0.25) is 10.0 Å². The zero-order chi connectivity index (χ0) is 14.7. The van der Waals surface area contributed by atoms with Crippen LogP contribution in [0.15, 0.2) is 46.9 Å². The number of benzene rings is 2. The van der Waals surface area contributed by atoms with E-state index in [0.29, 0.717) is 15.6 Å². The Balaban J connectivity index is 2.37. The van der Waals surface area contributed by atoms with Gasteiger partial charge in [0.15, 0.2) is 0 Å². The predicted molar refractivity (Wildman–Crippen MR) is 86.2 cm³/mol. The fourth-order valence-corrected chi connectivity index (χ4v) is 2.66. The zero-order valence-corrected chi connectivity index (χ0v) is 13.3. The fraction of sp³-hybridized carbons (Fsp3) is 0.0714. The Morgan fingerprint density at radius 2 is 1.65 bits per heavy atom. The SMILES string of the molecule is NC(=O)C(Nc1ccc(Br)cc1)c1c(Cl)cccc1Cl. The first-order valence-corrected chi connectivity index (χ1v) is 7.29. The molecule has 3 nitrogen and oxygen atoms in total. The number of anilines is 1. The lowest BCUT2D eigenvalue weighted by Gasteiger charge is -2.19. The average Bonchev–Trinajstić information content (AvgIpc) is 2.39. The molecule has 1 atom stereocenters. The van der Waals surface area contributed by atoms with E-state index in [1.807, 2.05) is 24.3 Å². The first-order chi connectivity index (χ1) is 9.49. The molecule has 0 saturated heterocycles. The van der Waals surface area contributed by atoms with Crippen LogP contribution in [0.1, 0.15) is 11.6 Å². The van der Waals surface area contributed by atoms with E-state index in [0.717, 1.165) is 10.2 Å². The highest BCUT2D eigenvalue weighted by atomic mass is 79.9. The molecule has 0 radical (unpaired) electrons. The molecule has 0 aliphatic heterocycles. The number of hydrogen-bond acceptors (Lipinski definition) is 2. The topological polar surface area (TPSA) is 55.1 Å². The lowest BCUT2D eigenvalue weighted by atomic mass is 10.1. The van der Waals surface area contributed by atoms with Crippen LogP contribution in [-0.2, 0) is 4.79 Å². The van der Waals surface area contributed by atoms with E-state index < -0.39 is 11.9 Å². The van der Waals surface area contributed by atoms with Crippen molar-refractivity contribution in [3.05, 3.63) is 62.5 Å². The van der Waals surface area contributed by atoms with Gasteiger partial charge in [0.1, 0.15) is 6.04 Å². The summed E-state index contributed by atoms with van der Waals surface area (Å²) >= 11 is 15.6. The van der Waals surface area contributed by atoms with Gasteiger partial charge in [0.25, 0.3) is 0 Å². The van der Waals surface area contributed by atoms with Crippen molar-refractivity contribution in [2.75, 3.05) is 5.32 Å². The highest BCUT2D eigenvalue weighted by molar-refractivity contribution is 9.10. The number of primary amides is 1. The van der Waals surface area contributed by atoms with Gasteiger partial charge in [0, 0.05) is 25.8 Å². The summed E-state index contributed by atoms with van der Waals surface area (Å²) < 4.78 is 0.939. The van der Waals surface area contributed by atoms with Gasteiger partial charge in [-0.2, -0.15) is 0 Å². The van der Waals surface area contributed by atoms with Gasteiger partial charge in [-0.25, -0.2) is 0 Å². The Hall–Kier alpha value is -1.23. The van der Waals surface area contributed by atoms with E-state index in [9.17, 15) is 4.79 Å². The van der Waals surface area contributed by atoms with Crippen molar-refractivity contribution in [2.24, 2.45) is 5.73 Å². The summed E-state index contributed by atoms with van der Waals surface area (Å²) in [6.45, 7) is 0. The van der Waals surface area contributed by atoms with Crippen molar-refractivity contribution in [1.29, 1.82) is 0 Å². The molecule has 20 heavy (non-hydrogen) atoms. The Bertz CT molecular complexity index is 611. The summed E-state index contributed by atoms with van der Waals surface area (Å²) in [6, 6.07) is 11.6. The van der Waals surface area contributed by atoms with Crippen LogP contribution in [0.3, 0.4) is 0 Å². The second-order valence-electron chi connectivity index (χ2n) is 4.12. The molecule has 104 valence electrons. The monoisotopic (exact) mass is 372 g/mol. The van der Waals surface area contributed by atoms with Gasteiger partial charge in [0.05, 0.1) is 0 Å². The van der Waals surface area contributed by atoms with Gasteiger partial charge in [-0.05, 0) is 36.4 Å². The molecule has 0 aliphatic carbocycles. The number of carbonyl (C=O) groups is 1. The van der Waals surface area contributed by atoms with Crippen molar-refractivity contribution in [1.82, 2.24) is 0 Å². The summed E-state index contributed by atoms with van der Waals surface area (Å²) in [4.78, 5) is 11.7. The van der Waals surface area contributed by atoms with E-state index in [1.54, 1.807) is 18.2 Å². The number of nitrogens with one attached hydrogen (secondary N) is 1.